The molecule has 0 amide bonds. The van der Waals surface area contributed by atoms with E-state index in [9.17, 15) is 4.79 Å². The molecule has 1 aromatic carbocycles. The molecule has 0 spiro atoms. The molecule has 6 nitrogen and oxygen atoms in total. The average molecular weight is 353 g/mol. The van der Waals surface area contributed by atoms with Gasteiger partial charge in [-0.1, -0.05) is 23.7 Å². The van der Waals surface area contributed by atoms with Gasteiger partial charge in [0, 0.05) is 28.9 Å². The molecule has 4 rings (SSSR count). The lowest BCUT2D eigenvalue weighted by atomic mass is 10.1. The highest BCUT2D eigenvalue weighted by Gasteiger charge is 2.13. The molecule has 0 aliphatic rings. The maximum atomic E-state index is 12.5. The number of halogens is 1. The monoisotopic (exact) mass is 352 g/mol. The molecular weight excluding hydrogens is 340 g/mol. The second kappa shape index (κ2) is 6.07. The Kier molecular flexibility index (Phi) is 3.74. The van der Waals surface area contributed by atoms with E-state index in [4.69, 9.17) is 16.3 Å². The van der Waals surface area contributed by atoms with Gasteiger partial charge < -0.3 is 4.74 Å². The molecule has 0 saturated heterocycles. The van der Waals surface area contributed by atoms with Crippen LogP contribution in [0.4, 0.5) is 0 Å². The van der Waals surface area contributed by atoms with Crippen molar-refractivity contribution in [2.24, 2.45) is 0 Å². The molecule has 3 heterocycles. The fraction of sp³-hybridized carbons (Fsp3) is 0.0556. The normalized spacial score (nSPS) is 11.0. The van der Waals surface area contributed by atoms with Crippen molar-refractivity contribution in [2.75, 3.05) is 7.11 Å². The zero-order chi connectivity index (χ0) is 17.4. The first-order valence-electron chi connectivity index (χ1n) is 7.54. The Morgan fingerprint density at radius 1 is 1.16 bits per heavy atom. The Morgan fingerprint density at radius 3 is 2.84 bits per heavy atom. The van der Waals surface area contributed by atoms with Gasteiger partial charge in [0.15, 0.2) is 5.65 Å². The summed E-state index contributed by atoms with van der Waals surface area (Å²) in [6.45, 7) is 0. The Labute approximate surface area is 147 Å². The first kappa shape index (κ1) is 15.4. The SMILES string of the molecule is COc1ncccc1-c1cc(=O)n2[nH]c(-c3cccc(Cl)c3)cc2n1. The standard InChI is InChI=1S/C18H13ClN4O2/c1-25-18-13(6-3-7-20-18)15-10-17(24)23-16(21-15)9-14(22-23)11-4-2-5-12(19)8-11/h2-10,22H,1H3. The van der Waals surface area contributed by atoms with Crippen LogP contribution in [0, 0.1) is 0 Å². The summed E-state index contributed by atoms with van der Waals surface area (Å²) in [7, 11) is 1.53. The zero-order valence-corrected chi connectivity index (χ0v) is 14.0. The number of hydrogen-bond acceptors (Lipinski definition) is 4. The number of methoxy groups -OCH3 is 1. The predicted molar refractivity (Wildman–Crippen MR) is 96.0 cm³/mol. The second-order valence-corrected chi connectivity index (χ2v) is 5.85. The Bertz CT molecular complexity index is 1130. The number of nitrogens with one attached hydrogen (secondary N) is 1. The van der Waals surface area contributed by atoms with Crippen molar-refractivity contribution in [3.05, 3.63) is 70.1 Å². The molecule has 7 heteroatoms. The highest BCUT2D eigenvalue weighted by atomic mass is 35.5. The summed E-state index contributed by atoms with van der Waals surface area (Å²) < 4.78 is 6.65. The molecule has 3 aromatic heterocycles. The molecule has 124 valence electrons. The number of fused-ring (bicyclic) bond motifs is 1. The fourth-order valence-electron chi connectivity index (χ4n) is 2.68. The van der Waals surface area contributed by atoms with E-state index in [1.165, 1.54) is 17.7 Å². The van der Waals surface area contributed by atoms with Gasteiger partial charge in [-0.2, -0.15) is 0 Å². The van der Waals surface area contributed by atoms with Crippen molar-refractivity contribution >= 4 is 17.2 Å². The summed E-state index contributed by atoms with van der Waals surface area (Å²) >= 11 is 6.04. The van der Waals surface area contributed by atoms with Crippen molar-refractivity contribution in [2.45, 2.75) is 0 Å². The number of rotatable bonds is 3. The lowest BCUT2D eigenvalue weighted by Gasteiger charge is -2.05. The summed E-state index contributed by atoms with van der Waals surface area (Å²) in [6.07, 6.45) is 1.63. The highest BCUT2D eigenvalue weighted by Crippen LogP contribution is 2.26. The van der Waals surface area contributed by atoms with Gasteiger partial charge in [0.25, 0.3) is 5.56 Å². The molecule has 0 bridgehead atoms. The van der Waals surface area contributed by atoms with Gasteiger partial charge in [-0.05, 0) is 24.3 Å². The van der Waals surface area contributed by atoms with Crippen LogP contribution >= 0.6 is 11.6 Å². The Morgan fingerprint density at radius 2 is 2.04 bits per heavy atom. The molecule has 0 unspecified atom stereocenters. The van der Waals surface area contributed by atoms with Crippen molar-refractivity contribution in [3.63, 3.8) is 0 Å². The van der Waals surface area contributed by atoms with Crippen molar-refractivity contribution < 1.29 is 4.74 Å². The number of aromatic nitrogens is 4. The van der Waals surface area contributed by atoms with E-state index < -0.39 is 0 Å². The third-order valence-corrected chi connectivity index (χ3v) is 4.06. The van der Waals surface area contributed by atoms with E-state index in [1.54, 1.807) is 24.4 Å². The van der Waals surface area contributed by atoms with E-state index in [0.29, 0.717) is 27.8 Å². The van der Waals surface area contributed by atoms with Crippen LogP contribution in [0.25, 0.3) is 28.2 Å². The Hall–Kier alpha value is -3.12. The molecule has 0 saturated carbocycles. The van der Waals surface area contributed by atoms with Crippen molar-refractivity contribution in [3.8, 4) is 28.4 Å². The third kappa shape index (κ3) is 2.77. The van der Waals surface area contributed by atoms with Crippen LogP contribution in [0.15, 0.2) is 59.5 Å². The number of nitrogens with zero attached hydrogens (tertiary/aromatic N) is 3. The molecule has 0 aliphatic carbocycles. The number of hydrogen-bond donors (Lipinski definition) is 1. The van der Waals surface area contributed by atoms with Gasteiger partial charge in [0.1, 0.15) is 0 Å². The lowest BCUT2D eigenvalue weighted by molar-refractivity contribution is 0.399. The number of benzene rings is 1. The van der Waals surface area contributed by atoms with Crippen molar-refractivity contribution in [1.82, 2.24) is 19.6 Å². The maximum Gasteiger partial charge on any atom is 0.273 e. The zero-order valence-electron chi connectivity index (χ0n) is 13.2. The molecule has 25 heavy (non-hydrogen) atoms. The molecule has 0 atom stereocenters. The van der Waals surface area contributed by atoms with Gasteiger partial charge in [-0.3, -0.25) is 9.89 Å². The lowest BCUT2D eigenvalue weighted by Crippen LogP contribution is -2.14. The van der Waals surface area contributed by atoms with Gasteiger partial charge in [0.05, 0.1) is 24.1 Å². The molecular formula is C18H13ClN4O2. The minimum atomic E-state index is -0.223. The summed E-state index contributed by atoms with van der Waals surface area (Å²) in [4.78, 5) is 21.2. The summed E-state index contributed by atoms with van der Waals surface area (Å²) in [5, 5.41) is 3.67. The first-order chi connectivity index (χ1) is 12.2. The predicted octanol–water partition coefficient (Wildman–Crippen LogP) is 3.41. The van der Waals surface area contributed by atoms with Gasteiger partial charge >= 0.3 is 0 Å². The second-order valence-electron chi connectivity index (χ2n) is 5.41. The summed E-state index contributed by atoms with van der Waals surface area (Å²) in [6, 6.07) is 14.2. The first-order valence-corrected chi connectivity index (χ1v) is 7.91. The van der Waals surface area contributed by atoms with E-state index in [2.05, 4.69) is 15.1 Å². The molecule has 4 aromatic rings. The molecule has 0 aliphatic heterocycles. The van der Waals surface area contributed by atoms with Crippen LogP contribution in [-0.2, 0) is 0 Å². The Balaban J connectivity index is 1.89. The van der Waals surface area contributed by atoms with Crippen LogP contribution in [0.5, 0.6) is 5.88 Å². The van der Waals surface area contributed by atoms with Gasteiger partial charge in [-0.25, -0.2) is 14.5 Å². The summed E-state index contributed by atoms with van der Waals surface area (Å²) in [5.41, 5.74) is 3.07. The van der Waals surface area contributed by atoms with Crippen LogP contribution in [0.1, 0.15) is 0 Å². The average Bonchev–Trinajstić information content (AvgIpc) is 3.06. The fourth-order valence-corrected chi connectivity index (χ4v) is 2.87. The minimum Gasteiger partial charge on any atom is -0.481 e. The number of pyridine rings is 1. The van der Waals surface area contributed by atoms with Gasteiger partial charge in [-0.15, -0.1) is 0 Å². The van der Waals surface area contributed by atoms with E-state index in [1.807, 2.05) is 24.3 Å². The number of ether oxygens (including phenoxy) is 1. The number of H-pyrrole nitrogens is 1. The van der Waals surface area contributed by atoms with Crippen LogP contribution in [0.2, 0.25) is 5.02 Å². The highest BCUT2D eigenvalue weighted by molar-refractivity contribution is 6.30. The van der Waals surface area contributed by atoms with Crippen LogP contribution < -0.4 is 10.3 Å². The number of aromatic amines is 1. The molecule has 1 N–H and O–H groups in total. The molecule has 0 fully saturated rings. The maximum absolute atomic E-state index is 12.5. The molecule has 0 radical (unpaired) electrons. The quantitative estimate of drug-likeness (QED) is 0.613. The minimum absolute atomic E-state index is 0.223. The van der Waals surface area contributed by atoms with E-state index >= 15 is 0 Å². The topological polar surface area (TPSA) is 72.3 Å². The summed E-state index contributed by atoms with van der Waals surface area (Å²) in [5.74, 6) is 0.421. The largest absolute Gasteiger partial charge is 0.481 e. The third-order valence-electron chi connectivity index (χ3n) is 3.83. The smallest absolute Gasteiger partial charge is 0.273 e. The van der Waals surface area contributed by atoms with Gasteiger partial charge in [0.2, 0.25) is 5.88 Å². The van der Waals surface area contributed by atoms with E-state index in [-0.39, 0.29) is 5.56 Å². The van der Waals surface area contributed by atoms with Crippen LogP contribution in [-0.4, -0.2) is 26.7 Å². The van der Waals surface area contributed by atoms with Crippen LogP contribution in [0.3, 0.4) is 0 Å². The van der Waals surface area contributed by atoms with Crippen molar-refractivity contribution in [1.29, 1.82) is 0 Å². The van der Waals surface area contributed by atoms with E-state index in [0.717, 1.165) is 11.3 Å².